The summed E-state index contributed by atoms with van der Waals surface area (Å²) in [4.78, 5) is 12.1. The van der Waals surface area contributed by atoms with E-state index in [1.165, 1.54) is 116 Å². The maximum atomic E-state index is 12.1. The molecule has 0 saturated heterocycles. The van der Waals surface area contributed by atoms with Crippen LogP contribution < -0.4 is 0 Å². The van der Waals surface area contributed by atoms with Gasteiger partial charge in [0.05, 0.1) is 0 Å². The number of hydrogen-bond acceptors (Lipinski definition) is 1. The number of carbonyl (C=O) groups is 1. The molecule has 0 unspecified atom stereocenters. The van der Waals surface area contributed by atoms with Gasteiger partial charge in [0.25, 0.3) is 0 Å². The molecule has 0 rings (SSSR count). The summed E-state index contributed by atoms with van der Waals surface area (Å²) in [6.45, 7) is 4.51. The van der Waals surface area contributed by atoms with Crippen molar-refractivity contribution >= 4 is 5.78 Å². The van der Waals surface area contributed by atoms with Crippen LogP contribution in [0.1, 0.15) is 168 Å². The molecule has 0 aromatic heterocycles. The Labute approximate surface area is 227 Å². The van der Waals surface area contributed by atoms with E-state index in [4.69, 9.17) is 0 Å². The lowest BCUT2D eigenvalue weighted by Crippen LogP contribution is -1.97. The molecule has 0 radical (unpaired) electrons. The minimum absolute atomic E-state index is 0.492. The fraction of sp³-hybridized carbons (Fsp3) is 0.743. The van der Waals surface area contributed by atoms with Crippen LogP contribution in [0.25, 0.3) is 0 Å². The molecule has 0 aliphatic heterocycles. The van der Waals surface area contributed by atoms with E-state index < -0.39 is 0 Å². The molecule has 0 spiro atoms. The van der Waals surface area contributed by atoms with Crippen molar-refractivity contribution in [2.45, 2.75) is 168 Å². The fourth-order valence-electron chi connectivity index (χ4n) is 4.39. The fourth-order valence-corrected chi connectivity index (χ4v) is 4.39. The average molecular weight is 499 g/mol. The van der Waals surface area contributed by atoms with Crippen molar-refractivity contribution in [3.05, 3.63) is 48.6 Å². The number of Topliss-reactive ketones (excluding diaryl/α,β-unsaturated/α-hetero) is 1. The molecule has 0 atom stereocenters. The molecule has 0 aliphatic carbocycles. The van der Waals surface area contributed by atoms with Gasteiger partial charge in [0, 0.05) is 12.8 Å². The maximum Gasteiger partial charge on any atom is 0.132 e. The molecule has 0 aromatic rings. The quantitative estimate of drug-likeness (QED) is 0.0774. The summed E-state index contributed by atoms with van der Waals surface area (Å²) < 4.78 is 0. The Morgan fingerprint density at radius 1 is 0.389 bits per heavy atom. The summed E-state index contributed by atoms with van der Waals surface area (Å²) in [6, 6.07) is 0. The molecule has 1 heteroatoms. The topological polar surface area (TPSA) is 17.1 Å². The summed E-state index contributed by atoms with van der Waals surface area (Å²) in [5, 5.41) is 0. The molecule has 0 N–H and O–H groups in total. The van der Waals surface area contributed by atoms with E-state index in [0.29, 0.717) is 5.78 Å². The minimum Gasteiger partial charge on any atom is -0.300 e. The lowest BCUT2D eigenvalue weighted by atomic mass is 10.0. The first-order valence-electron chi connectivity index (χ1n) is 15.9. The van der Waals surface area contributed by atoms with Gasteiger partial charge in [0.15, 0.2) is 0 Å². The van der Waals surface area contributed by atoms with Crippen LogP contribution in [0.3, 0.4) is 0 Å². The predicted octanol–water partition coefficient (Wildman–Crippen LogP) is 12.2. The van der Waals surface area contributed by atoms with E-state index >= 15 is 0 Å². The van der Waals surface area contributed by atoms with Crippen molar-refractivity contribution in [2.75, 3.05) is 0 Å². The van der Waals surface area contributed by atoms with Gasteiger partial charge in [-0.25, -0.2) is 0 Å². The Morgan fingerprint density at radius 2 is 0.694 bits per heavy atom. The van der Waals surface area contributed by atoms with Gasteiger partial charge in [0.2, 0.25) is 0 Å². The standard InChI is InChI=1S/C35H62O/c1-3-5-7-9-11-13-15-17-19-21-23-25-27-29-31-33-35(36)34-32-30-28-26-24-22-20-18-16-14-12-10-8-6-4-2/h11-14,17-20H,3-10,15-16,21-34H2,1-2H3. The van der Waals surface area contributed by atoms with Crippen molar-refractivity contribution in [1.29, 1.82) is 0 Å². The summed E-state index contributed by atoms with van der Waals surface area (Å²) in [7, 11) is 0. The third-order valence-corrected chi connectivity index (χ3v) is 6.81. The second-order valence-electron chi connectivity index (χ2n) is 10.5. The lowest BCUT2D eigenvalue weighted by molar-refractivity contribution is -0.119. The van der Waals surface area contributed by atoms with Gasteiger partial charge in [-0.1, -0.05) is 127 Å². The Morgan fingerprint density at radius 3 is 1.06 bits per heavy atom. The molecule has 36 heavy (non-hydrogen) atoms. The predicted molar refractivity (Wildman–Crippen MR) is 164 cm³/mol. The Kier molecular flexibility index (Phi) is 30.5. The number of hydrogen-bond donors (Lipinski definition) is 0. The van der Waals surface area contributed by atoms with E-state index in [1.54, 1.807) is 0 Å². The highest BCUT2D eigenvalue weighted by molar-refractivity contribution is 5.78. The molecular weight excluding hydrogens is 436 g/mol. The first kappa shape index (κ1) is 34.6. The SMILES string of the molecule is CCCCCC=CCC=CCCCCCCCC(=O)CCCCCCCC=CCC=CCCCCC. The molecule has 0 aliphatic rings. The minimum atomic E-state index is 0.492. The van der Waals surface area contributed by atoms with Crippen LogP contribution in [0.2, 0.25) is 0 Å². The summed E-state index contributed by atoms with van der Waals surface area (Å²) in [5.74, 6) is 0.492. The first-order chi connectivity index (χ1) is 17.8. The molecular formula is C35H62O. The van der Waals surface area contributed by atoms with Crippen LogP contribution in [-0.4, -0.2) is 5.78 Å². The van der Waals surface area contributed by atoms with Crippen molar-refractivity contribution in [3.8, 4) is 0 Å². The van der Waals surface area contributed by atoms with Gasteiger partial charge in [0.1, 0.15) is 5.78 Å². The van der Waals surface area contributed by atoms with E-state index in [1.807, 2.05) is 0 Å². The third-order valence-electron chi connectivity index (χ3n) is 6.81. The second kappa shape index (κ2) is 31.7. The zero-order valence-electron chi connectivity index (χ0n) is 24.5. The number of rotatable bonds is 28. The van der Waals surface area contributed by atoms with Crippen molar-refractivity contribution in [1.82, 2.24) is 0 Å². The highest BCUT2D eigenvalue weighted by atomic mass is 16.1. The Hall–Kier alpha value is -1.37. The molecule has 0 aromatic carbocycles. The molecule has 0 fully saturated rings. The van der Waals surface area contributed by atoms with E-state index in [9.17, 15) is 4.79 Å². The normalized spacial score (nSPS) is 12.3. The average Bonchev–Trinajstić information content (AvgIpc) is 2.88. The molecule has 208 valence electrons. The van der Waals surface area contributed by atoms with E-state index in [0.717, 1.165) is 38.5 Å². The van der Waals surface area contributed by atoms with Crippen LogP contribution in [0.4, 0.5) is 0 Å². The van der Waals surface area contributed by atoms with Gasteiger partial charge in [-0.3, -0.25) is 4.79 Å². The smallest absolute Gasteiger partial charge is 0.132 e. The third kappa shape index (κ3) is 30.7. The van der Waals surface area contributed by atoms with Gasteiger partial charge in [-0.15, -0.1) is 0 Å². The second-order valence-corrected chi connectivity index (χ2v) is 10.5. The van der Waals surface area contributed by atoms with E-state index in [2.05, 4.69) is 62.5 Å². The van der Waals surface area contributed by atoms with Crippen molar-refractivity contribution in [2.24, 2.45) is 0 Å². The van der Waals surface area contributed by atoms with Crippen LogP contribution in [0, 0.1) is 0 Å². The number of unbranched alkanes of at least 4 members (excludes halogenated alkanes) is 16. The monoisotopic (exact) mass is 498 g/mol. The number of carbonyl (C=O) groups excluding carboxylic acids is 1. The zero-order valence-corrected chi connectivity index (χ0v) is 24.5. The van der Waals surface area contributed by atoms with Crippen LogP contribution in [-0.2, 0) is 4.79 Å². The van der Waals surface area contributed by atoms with Gasteiger partial charge >= 0.3 is 0 Å². The van der Waals surface area contributed by atoms with Gasteiger partial charge in [-0.05, 0) is 77.0 Å². The zero-order chi connectivity index (χ0) is 26.2. The molecule has 1 nitrogen and oxygen atoms in total. The lowest BCUT2D eigenvalue weighted by Gasteiger charge is -2.02. The molecule has 0 amide bonds. The van der Waals surface area contributed by atoms with Crippen LogP contribution in [0.15, 0.2) is 48.6 Å². The molecule has 0 saturated carbocycles. The largest absolute Gasteiger partial charge is 0.300 e. The number of ketones is 1. The first-order valence-corrected chi connectivity index (χ1v) is 15.9. The van der Waals surface area contributed by atoms with Crippen LogP contribution in [0.5, 0.6) is 0 Å². The Balaban J connectivity index is 3.31. The highest BCUT2D eigenvalue weighted by Gasteiger charge is 2.01. The molecule has 0 bridgehead atoms. The highest BCUT2D eigenvalue weighted by Crippen LogP contribution is 2.12. The van der Waals surface area contributed by atoms with Crippen LogP contribution >= 0.6 is 0 Å². The summed E-state index contributed by atoms with van der Waals surface area (Å²) in [6.07, 6.45) is 47.6. The number of allylic oxidation sites excluding steroid dienone is 8. The Bertz CT molecular complexity index is 503. The van der Waals surface area contributed by atoms with Crippen molar-refractivity contribution in [3.63, 3.8) is 0 Å². The summed E-state index contributed by atoms with van der Waals surface area (Å²) >= 11 is 0. The van der Waals surface area contributed by atoms with Gasteiger partial charge in [-0.2, -0.15) is 0 Å². The van der Waals surface area contributed by atoms with Gasteiger partial charge < -0.3 is 0 Å². The summed E-state index contributed by atoms with van der Waals surface area (Å²) in [5.41, 5.74) is 0. The van der Waals surface area contributed by atoms with E-state index in [-0.39, 0.29) is 0 Å². The van der Waals surface area contributed by atoms with Crippen molar-refractivity contribution < 1.29 is 4.79 Å². The molecule has 0 heterocycles. The maximum absolute atomic E-state index is 12.1.